The minimum Gasteiger partial charge on any atom is -0.396 e. The first kappa shape index (κ1) is 19.4. The number of fused-ring (bicyclic) bond motifs is 1. The molecule has 3 rings (SSSR count). The Morgan fingerprint density at radius 2 is 2.15 bits per heavy atom. The van der Waals surface area contributed by atoms with E-state index in [2.05, 4.69) is 50.7 Å². The molecule has 26 heavy (non-hydrogen) atoms. The Kier molecular flexibility index (Phi) is 6.72. The van der Waals surface area contributed by atoms with Crippen LogP contribution >= 0.6 is 15.9 Å². The summed E-state index contributed by atoms with van der Waals surface area (Å²) in [5.41, 5.74) is 0.793. The topological polar surface area (TPSA) is 77.7 Å². The van der Waals surface area contributed by atoms with Gasteiger partial charge in [0.25, 0.3) is 0 Å². The van der Waals surface area contributed by atoms with Crippen LogP contribution in [0, 0.1) is 5.92 Å². The second-order valence-electron chi connectivity index (χ2n) is 7.32. The molecule has 2 heterocycles. The van der Waals surface area contributed by atoms with Gasteiger partial charge in [-0.25, -0.2) is 4.98 Å². The van der Waals surface area contributed by atoms with Crippen molar-refractivity contribution in [2.75, 3.05) is 44.4 Å². The Morgan fingerprint density at radius 1 is 1.35 bits per heavy atom. The van der Waals surface area contributed by atoms with Crippen molar-refractivity contribution in [1.82, 2.24) is 19.5 Å². The number of aliphatic hydroxyl groups excluding tert-OH is 1. The zero-order valence-corrected chi connectivity index (χ0v) is 17.2. The van der Waals surface area contributed by atoms with Gasteiger partial charge in [0.15, 0.2) is 5.65 Å². The van der Waals surface area contributed by atoms with Gasteiger partial charge in [-0.2, -0.15) is 9.61 Å². The van der Waals surface area contributed by atoms with Crippen LogP contribution < -0.4 is 10.6 Å². The molecule has 144 valence electrons. The maximum absolute atomic E-state index is 9.67. The third-order valence-corrected chi connectivity index (χ3v) is 5.55. The van der Waals surface area contributed by atoms with E-state index in [4.69, 9.17) is 4.98 Å². The van der Waals surface area contributed by atoms with E-state index in [1.807, 2.05) is 10.6 Å². The monoisotopic (exact) mass is 424 g/mol. The number of nitrogens with one attached hydrogen (secondary N) is 2. The Hall–Kier alpha value is -1.38. The lowest BCUT2D eigenvalue weighted by atomic mass is 9.85. The molecule has 0 spiro atoms. The maximum atomic E-state index is 9.67. The number of nitrogens with zero attached hydrogens (tertiary/aromatic N) is 4. The zero-order chi connectivity index (χ0) is 18.5. The van der Waals surface area contributed by atoms with Gasteiger partial charge in [-0.15, -0.1) is 0 Å². The Balaban J connectivity index is 1.78. The van der Waals surface area contributed by atoms with E-state index in [1.165, 1.54) is 12.8 Å². The molecule has 0 bridgehead atoms. The van der Waals surface area contributed by atoms with E-state index in [0.717, 1.165) is 54.1 Å². The van der Waals surface area contributed by atoms with Gasteiger partial charge < -0.3 is 20.6 Å². The normalized spacial score (nSPS) is 20.7. The number of hydrogen-bond donors (Lipinski definition) is 3. The fourth-order valence-electron chi connectivity index (χ4n) is 3.55. The molecule has 0 radical (unpaired) electrons. The third kappa shape index (κ3) is 4.66. The molecule has 1 aliphatic rings. The lowest BCUT2D eigenvalue weighted by molar-refractivity contribution is 0.178. The van der Waals surface area contributed by atoms with E-state index in [0.29, 0.717) is 5.92 Å². The van der Waals surface area contributed by atoms with Gasteiger partial charge in [-0.05, 0) is 55.8 Å². The molecular weight excluding hydrogens is 396 g/mol. The molecule has 0 aromatic carbocycles. The highest BCUT2D eigenvalue weighted by molar-refractivity contribution is 9.10. The number of rotatable bonds is 8. The predicted octanol–water partition coefficient (Wildman–Crippen LogP) is 2.82. The minimum absolute atomic E-state index is 0.228. The Morgan fingerprint density at radius 3 is 2.92 bits per heavy atom. The fraction of sp³-hybridized carbons (Fsp3) is 0.667. The van der Waals surface area contributed by atoms with Crippen molar-refractivity contribution in [1.29, 1.82) is 0 Å². The van der Waals surface area contributed by atoms with E-state index in [-0.39, 0.29) is 12.6 Å². The van der Waals surface area contributed by atoms with Crippen LogP contribution in [0.4, 0.5) is 11.6 Å². The average Bonchev–Trinajstić information content (AvgIpc) is 3.00. The smallest absolute Gasteiger partial charge is 0.173 e. The van der Waals surface area contributed by atoms with Crippen molar-refractivity contribution in [2.45, 2.75) is 38.1 Å². The van der Waals surface area contributed by atoms with Gasteiger partial charge in [-0.1, -0.05) is 12.8 Å². The van der Waals surface area contributed by atoms with Crippen molar-refractivity contribution < 1.29 is 5.11 Å². The van der Waals surface area contributed by atoms with Crippen LogP contribution in [0.5, 0.6) is 0 Å². The van der Waals surface area contributed by atoms with Gasteiger partial charge in [0.05, 0.1) is 10.7 Å². The van der Waals surface area contributed by atoms with Gasteiger partial charge in [0.1, 0.15) is 11.6 Å². The van der Waals surface area contributed by atoms with E-state index >= 15 is 0 Å². The first-order valence-corrected chi connectivity index (χ1v) is 10.2. The van der Waals surface area contributed by atoms with Crippen LogP contribution in [0.1, 0.15) is 32.1 Å². The maximum Gasteiger partial charge on any atom is 0.173 e. The lowest BCUT2D eigenvalue weighted by Gasteiger charge is -2.31. The van der Waals surface area contributed by atoms with Gasteiger partial charge in [-0.3, -0.25) is 0 Å². The summed E-state index contributed by atoms with van der Waals surface area (Å²) >= 11 is 3.54. The molecule has 2 aromatic rings. The number of halogens is 1. The molecule has 0 amide bonds. The van der Waals surface area contributed by atoms with E-state index in [9.17, 15) is 5.11 Å². The van der Waals surface area contributed by atoms with Gasteiger partial charge in [0.2, 0.25) is 0 Å². The van der Waals surface area contributed by atoms with Crippen molar-refractivity contribution in [3.63, 3.8) is 0 Å². The highest BCUT2D eigenvalue weighted by atomic mass is 79.9. The average molecular weight is 425 g/mol. The van der Waals surface area contributed by atoms with E-state index < -0.39 is 0 Å². The largest absolute Gasteiger partial charge is 0.396 e. The van der Waals surface area contributed by atoms with Crippen molar-refractivity contribution in [3.05, 3.63) is 16.7 Å². The number of aromatic nitrogens is 3. The summed E-state index contributed by atoms with van der Waals surface area (Å²) in [6.07, 6.45) is 7.36. The quantitative estimate of drug-likeness (QED) is 0.565. The Labute approximate surface area is 163 Å². The first-order chi connectivity index (χ1) is 12.6. The molecule has 0 saturated heterocycles. The Bertz CT molecular complexity index is 719. The summed E-state index contributed by atoms with van der Waals surface area (Å²) in [6.45, 7) is 2.14. The number of hydrogen-bond acceptors (Lipinski definition) is 6. The van der Waals surface area contributed by atoms with Crippen molar-refractivity contribution in [3.8, 4) is 0 Å². The minimum atomic E-state index is 0.228. The number of aliphatic hydroxyl groups is 1. The lowest BCUT2D eigenvalue weighted by Crippen LogP contribution is -2.34. The summed E-state index contributed by atoms with van der Waals surface area (Å²) < 4.78 is 2.70. The van der Waals surface area contributed by atoms with Crippen molar-refractivity contribution in [2.24, 2.45) is 5.92 Å². The van der Waals surface area contributed by atoms with Crippen LogP contribution in [0.25, 0.3) is 5.65 Å². The molecule has 3 N–H and O–H groups in total. The first-order valence-electron chi connectivity index (χ1n) is 9.38. The molecule has 2 atom stereocenters. The van der Waals surface area contributed by atoms with E-state index in [1.54, 1.807) is 6.20 Å². The van der Waals surface area contributed by atoms with Crippen LogP contribution in [-0.4, -0.2) is 64.4 Å². The molecule has 1 fully saturated rings. The summed E-state index contributed by atoms with van der Waals surface area (Å²) in [7, 11) is 4.16. The van der Waals surface area contributed by atoms with Crippen LogP contribution in [0.2, 0.25) is 0 Å². The predicted molar refractivity (Wildman–Crippen MR) is 109 cm³/mol. The second kappa shape index (κ2) is 9.01. The fourth-order valence-corrected chi connectivity index (χ4v) is 3.90. The summed E-state index contributed by atoms with van der Waals surface area (Å²) in [5, 5.41) is 21.1. The molecule has 8 heteroatoms. The third-order valence-electron chi connectivity index (χ3n) is 4.99. The SMILES string of the molecule is CN(C)CCCNc1cc(NC2CCCC[C@H]2CO)nc2c(Br)cnn12. The standard InChI is InChI=1S/C18H29BrN6O/c1-24(2)9-5-8-20-17-10-16(23-18-14(19)11-21-25(17)18)22-15-7-4-3-6-13(15)12-26/h10-11,13,15,20,26H,3-9,12H2,1-2H3,(H,22,23)/t13-,15?/m0/s1. The molecule has 2 aromatic heterocycles. The zero-order valence-electron chi connectivity index (χ0n) is 15.6. The highest BCUT2D eigenvalue weighted by Crippen LogP contribution is 2.28. The van der Waals surface area contributed by atoms with Crippen LogP contribution in [0.15, 0.2) is 16.7 Å². The molecule has 1 unspecified atom stereocenters. The molecular formula is C18H29BrN6O. The molecule has 0 aliphatic heterocycles. The number of anilines is 2. The van der Waals surface area contributed by atoms with Crippen molar-refractivity contribution >= 4 is 33.2 Å². The van der Waals surface area contributed by atoms with Gasteiger partial charge in [0, 0.05) is 31.2 Å². The highest BCUT2D eigenvalue weighted by Gasteiger charge is 2.25. The van der Waals surface area contributed by atoms with Crippen LogP contribution in [0.3, 0.4) is 0 Å². The van der Waals surface area contributed by atoms with Gasteiger partial charge >= 0.3 is 0 Å². The molecule has 7 nitrogen and oxygen atoms in total. The summed E-state index contributed by atoms with van der Waals surface area (Å²) in [4.78, 5) is 6.91. The summed E-state index contributed by atoms with van der Waals surface area (Å²) in [6, 6.07) is 2.29. The molecule has 1 aliphatic carbocycles. The molecule has 1 saturated carbocycles. The summed E-state index contributed by atoms with van der Waals surface area (Å²) in [5.74, 6) is 2.06. The second-order valence-corrected chi connectivity index (χ2v) is 8.17. The van der Waals surface area contributed by atoms with Crippen LogP contribution in [-0.2, 0) is 0 Å².